The molecule has 0 aliphatic carbocycles. The fraction of sp³-hybridized carbons (Fsp3) is 1.00. The van der Waals surface area contributed by atoms with Crippen molar-refractivity contribution >= 4 is 0 Å². The van der Waals surface area contributed by atoms with E-state index < -0.39 is 0 Å². The van der Waals surface area contributed by atoms with Crippen molar-refractivity contribution in [1.29, 1.82) is 0 Å². The number of hydrogen-bond acceptors (Lipinski definition) is 3. The lowest BCUT2D eigenvalue weighted by molar-refractivity contribution is 0.122. The van der Waals surface area contributed by atoms with Crippen molar-refractivity contribution in [2.24, 2.45) is 0 Å². The Morgan fingerprint density at radius 2 is 1.93 bits per heavy atom. The van der Waals surface area contributed by atoms with Crippen LogP contribution in [0.15, 0.2) is 0 Å². The van der Waals surface area contributed by atoms with Gasteiger partial charge >= 0.3 is 0 Å². The van der Waals surface area contributed by atoms with Gasteiger partial charge in [-0.25, -0.2) is 0 Å². The summed E-state index contributed by atoms with van der Waals surface area (Å²) in [5, 5.41) is 12.6. The van der Waals surface area contributed by atoms with Crippen LogP contribution >= 0.6 is 0 Å². The zero-order valence-electron chi connectivity index (χ0n) is 9.92. The van der Waals surface area contributed by atoms with Crippen molar-refractivity contribution in [2.45, 2.75) is 45.3 Å². The van der Waals surface area contributed by atoms with Crippen molar-refractivity contribution in [1.82, 2.24) is 10.2 Å². The van der Waals surface area contributed by atoms with Crippen molar-refractivity contribution in [3.05, 3.63) is 0 Å². The van der Waals surface area contributed by atoms with Crippen LogP contribution in [0.3, 0.4) is 0 Å². The molecule has 0 heterocycles. The summed E-state index contributed by atoms with van der Waals surface area (Å²) in [6.07, 6.45) is 5.47. The van der Waals surface area contributed by atoms with E-state index in [9.17, 15) is 5.11 Å². The van der Waals surface area contributed by atoms with Gasteiger partial charge in [-0.15, -0.1) is 0 Å². The first-order chi connectivity index (χ1) is 6.66. The molecule has 0 saturated carbocycles. The molecule has 0 aliphatic heterocycles. The van der Waals surface area contributed by atoms with E-state index in [2.05, 4.69) is 17.1 Å². The van der Waals surface area contributed by atoms with Crippen LogP contribution in [-0.4, -0.2) is 43.4 Å². The Bertz CT molecular complexity index is 118. The summed E-state index contributed by atoms with van der Waals surface area (Å²) in [7, 11) is 4.07. The maximum atomic E-state index is 9.53. The van der Waals surface area contributed by atoms with Crippen LogP contribution in [0.25, 0.3) is 0 Å². The van der Waals surface area contributed by atoms with Gasteiger partial charge in [0.25, 0.3) is 0 Å². The van der Waals surface area contributed by atoms with E-state index in [1.54, 1.807) is 0 Å². The van der Waals surface area contributed by atoms with Gasteiger partial charge in [-0.2, -0.15) is 0 Å². The molecular weight excluding hydrogens is 176 g/mol. The lowest BCUT2D eigenvalue weighted by Crippen LogP contribution is -2.34. The minimum atomic E-state index is -0.313. The van der Waals surface area contributed by atoms with Gasteiger partial charge in [0.05, 0.1) is 0 Å². The molecule has 0 spiro atoms. The van der Waals surface area contributed by atoms with Gasteiger partial charge in [-0.3, -0.25) is 5.32 Å². The Kier molecular flexibility index (Phi) is 9.35. The molecule has 0 aliphatic rings. The maximum absolute atomic E-state index is 9.53. The van der Waals surface area contributed by atoms with Gasteiger partial charge in [-0.1, -0.05) is 26.2 Å². The Hall–Kier alpha value is -0.120. The highest BCUT2D eigenvalue weighted by Gasteiger charge is 2.01. The average Bonchev–Trinajstić information content (AvgIpc) is 2.12. The third-order valence-electron chi connectivity index (χ3n) is 2.27. The second-order valence-electron chi connectivity index (χ2n) is 4.12. The highest BCUT2D eigenvalue weighted by atomic mass is 16.3. The predicted molar refractivity (Wildman–Crippen MR) is 61.3 cm³/mol. The van der Waals surface area contributed by atoms with E-state index in [-0.39, 0.29) is 6.23 Å². The third-order valence-corrected chi connectivity index (χ3v) is 2.27. The number of likely N-dealkylation sites (N-methyl/N-ethyl adjacent to an activating group) is 1. The number of rotatable bonds is 9. The normalized spacial score (nSPS) is 13.5. The molecule has 0 fully saturated rings. The molecule has 0 aromatic rings. The smallest absolute Gasteiger partial charge is 0.104 e. The quantitative estimate of drug-likeness (QED) is 0.438. The highest BCUT2D eigenvalue weighted by molar-refractivity contribution is 4.56. The molecule has 14 heavy (non-hydrogen) atoms. The minimum Gasteiger partial charge on any atom is -0.379 e. The molecule has 3 heteroatoms. The number of aliphatic hydroxyl groups is 1. The summed E-state index contributed by atoms with van der Waals surface area (Å²) in [5.74, 6) is 0. The van der Waals surface area contributed by atoms with Gasteiger partial charge in [0.1, 0.15) is 6.23 Å². The molecule has 0 aromatic carbocycles. The van der Waals surface area contributed by atoms with E-state index in [1.165, 1.54) is 19.3 Å². The van der Waals surface area contributed by atoms with E-state index in [0.29, 0.717) is 0 Å². The molecule has 2 N–H and O–H groups in total. The van der Waals surface area contributed by atoms with E-state index in [4.69, 9.17) is 0 Å². The van der Waals surface area contributed by atoms with Crippen LogP contribution in [-0.2, 0) is 0 Å². The molecular formula is C11H26N2O. The van der Waals surface area contributed by atoms with E-state index in [0.717, 1.165) is 25.9 Å². The molecule has 0 saturated heterocycles. The standard InChI is InChI=1S/C11H26N2O/c1-4-5-6-7-8-11(14)12-9-10-13(2)3/h11-12,14H,4-10H2,1-3H3. The fourth-order valence-corrected chi connectivity index (χ4v) is 1.32. The first-order valence-electron chi connectivity index (χ1n) is 5.73. The Labute approximate surface area is 88.5 Å². The molecule has 0 rings (SSSR count). The fourth-order valence-electron chi connectivity index (χ4n) is 1.32. The SMILES string of the molecule is CCCCCCC(O)NCCN(C)C. The highest BCUT2D eigenvalue weighted by Crippen LogP contribution is 2.03. The molecule has 86 valence electrons. The molecule has 0 amide bonds. The number of nitrogens with one attached hydrogen (secondary N) is 1. The van der Waals surface area contributed by atoms with E-state index in [1.807, 2.05) is 14.1 Å². The van der Waals surface area contributed by atoms with Crippen molar-refractivity contribution in [3.8, 4) is 0 Å². The average molecular weight is 202 g/mol. The van der Waals surface area contributed by atoms with E-state index >= 15 is 0 Å². The molecule has 0 radical (unpaired) electrons. The molecule has 1 atom stereocenters. The largest absolute Gasteiger partial charge is 0.379 e. The summed E-state index contributed by atoms with van der Waals surface area (Å²) in [6, 6.07) is 0. The van der Waals surface area contributed by atoms with Gasteiger partial charge in [0, 0.05) is 13.1 Å². The number of nitrogens with zero attached hydrogens (tertiary/aromatic N) is 1. The first-order valence-corrected chi connectivity index (χ1v) is 5.73. The summed E-state index contributed by atoms with van der Waals surface area (Å²) < 4.78 is 0. The summed E-state index contributed by atoms with van der Waals surface area (Å²) in [6.45, 7) is 4.04. The topological polar surface area (TPSA) is 35.5 Å². The lowest BCUT2D eigenvalue weighted by Gasteiger charge is -2.15. The van der Waals surface area contributed by atoms with Crippen LogP contribution in [0.4, 0.5) is 0 Å². The van der Waals surface area contributed by atoms with Gasteiger partial charge in [0.15, 0.2) is 0 Å². The summed E-state index contributed by atoms with van der Waals surface area (Å²) in [5.41, 5.74) is 0. The maximum Gasteiger partial charge on any atom is 0.104 e. The Balaban J connectivity index is 3.15. The zero-order chi connectivity index (χ0) is 10.8. The van der Waals surface area contributed by atoms with Crippen LogP contribution in [0.1, 0.15) is 39.0 Å². The summed E-state index contributed by atoms with van der Waals surface area (Å²) in [4.78, 5) is 2.11. The second-order valence-corrected chi connectivity index (χ2v) is 4.12. The first kappa shape index (κ1) is 13.9. The van der Waals surface area contributed by atoms with Crippen molar-refractivity contribution in [3.63, 3.8) is 0 Å². The number of unbranched alkanes of at least 4 members (excludes halogenated alkanes) is 3. The monoisotopic (exact) mass is 202 g/mol. The number of aliphatic hydroxyl groups excluding tert-OH is 1. The van der Waals surface area contributed by atoms with Crippen LogP contribution < -0.4 is 5.32 Å². The Morgan fingerprint density at radius 1 is 1.21 bits per heavy atom. The summed E-state index contributed by atoms with van der Waals surface area (Å²) >= 11 is 0. The van der Waals surface area contributed by atoms with Crippen LogP contribution in [0.2, 0.25) is 0 Å². The van der Waals surface area contributed by atoms with Gasteiger partial charge < -0.3 is 10.0 Å². The third kappa shape index (κ3) is 9.96. The molecule has 0 bridgehead atoms. The van der Waals surface area contributed by atoms with Crippen LogP contribution in [0, 0.1) is 0 Å². The zero-order valence-corrected chi connectivity index (χ0v) is 9.92. The molecule has 1 unspecified atom stereocenters. The van der Waals surface area contributed by atoms with Crippen LogP contribution in [0.5, 0.6) is 0 Å². The van der Waals surface area contributed by atoms with Gasteiger partial charge in [-0.05, 0) is 26.9 Å². The van der Waals surface area contributed by atoms with Gasteiger partial charge in [0.2, 0.25) is 0 Å². The predicted octanol–water partition coefficient (Wildman–Crippen LogP) is 1.43. The number of hydrogen-bond donors (Lipinski definition) is 2. The van der Waals surface area contributed by atoms with Crippen molar-refractivity contribution < 1.29 is 5.11 Å². The molecule has 0 aromatic heterocycles. The minimum absolute atomic E-state index is 0.313. The Morgan fingerprint density at radius 3 is 2.50 bits per heavy atom. The lowest BCUT2D eigenvalue weighted by atomic mass is 10.1. The van der Waals surface area contributed by atoms with Crippen molar-refractivity contribution in [2.75, 3.05) is 27.2 Å². The molecule has 3 nitrogen and oxygen atoms in total. The second kappa shape index (κ2) is 9.44.